The summed E-state index contributed by atoms with van der Waals surface area (Å²) in [5.41, 5.74) is 6.67. The largest absolute Gasteiger partial charge is 0.366 e. The fraction of sp³-hybridized carbons (Fsp3) is 0.300. The molecule has 154 valence electrons. The number of nitrogens with zero attached hydrogens (tertiary/aromatic N) is 1. The fourth-order valence-electron chi connectivity index (χ4n) is 3.37. The van der Waals surface area contributed by atoms with Crippen LogP contribution in [0.4, 0.5) is 5.69 Å². The molecule has 0 unspecified atom stereocenters. The predicted molar refractivity (Wildman–Crippen MR) is 115 cm³/mol. The fourth-order valence-corrected chi connectivity index (χ4v) is 5.36. The van der Waals surface area contributed by atoms with Gasteiger partial charge < -0.3 is 11.1 Å². The number of amides is 2. The Morgan fingerprint density at radius 1 is 1.10 bits per heavy atom. The Hall–Kier alpha value is -2.23. The van der Waals surface area contributed by atoms with Gasteiger partial charge >= 0.3 is 0 Å². The summed E-state index contributed by atoms with van der Waals surface area (Å²) < 4.78 is 27.7. The molecule has 0 bridgehead atoms. The van der Waals surface area contributed by atoms with Gasteiger partial charge in [-0.05, 0) is 42.7 Å². The number of carbonyl (C=O) groups excluding carboxylic acids is 2. The number of rotatable bonds is 6. The summed E-state index contributed by atoms with van der Waals surface area (Å²) in [5.74, 6) is -1.25. The SMILES string of the molecule is NC(=O)c1ccccc1NC(=O)C1CCN(S(=O)(=O)Cc2cccc(Br)c2)CC1. The first-order valence-electron chi connectivity index (χ1n) is 9.18. The lowest BCUT2D eigenvalue weighted by Gasteiger charge is -2.30. The number of hydrogen-bond donors (Lipinski definition) is 2. The van der Waals surface area contributed by atoms with Gasteiger partial charge in [0, 0.05) is 23.5 Å². The van der Waals surface area contributed by atoms with Crippen LogP contribution in [0.2, 0.25) is 0 Å². The number of sulfonamides is 1. The standard InChI is InChI=1S/C20H22BrN3O4S/c21-16-5-3-4-14(12-16)13-29(27,28)24-10-8-15(9-11-24)20(26)23-18-7-2-1-6-17(18)19(22)25/h1-7,12,15H,8-11,13H2,(H2,22,25)(H,23,26). The molecule has 1 fully saturated rings. The van der Waals surface area contributed by atoms with E-state index >= 15 is 0 Å². The molecule has 1 saturated heterocycles. The zero-order chi connectivity index (χ0) is 21.0. The third-order valence-electron chi connectivity index (χ3n) is 4.91. The lowest BCUT2D eigenvalue weighted by atomic mass is 9.97. The third kappa shape index (κ3) is 5.43. The van der Waals surface area contributed by atoms with E-state index in [4.69, 9.17) is 5.73 Å². The van der Waals surface area contributed by atoms with Gasteiger partial charge in [0.1, 0.15) is 0 Å². The van der Waals surface area contributed by atoms with Gasteiger partial charge in [0.2, 0.25) is 15.9 Å². The molecule has 0 atom stereocenters. The molecule has 2 aromatic rings. The molecule has 0 radical (unpaired) electrons. The first-order valence-corrected chi connectivity index (χ1v) is 11.6. The van der Waals surface area contributed by atoms with Gasteiger partial charge in [-0.2, -0.15) is 0 Å². The molecule has 9 heteroatoms. The first-order chi connectivity index (χ1) is 13.8. The van der Waals surface area contributed by atoms with Crippen LogP contribution in [-0.4, -0.2) is 37.6 Å². The second-order valence-corrected chi connectivity index (χ2v) is 9.84. The van der Waals surface area contributed by atoms with Crippen LogP contribution in [0.15, 0.2) is 53.0 Å². The van der Waals surface area contributed by atoms with E-state index in [1.165, 1.54) is 4.31 Å². The molecule has 29 heavy (non-hydrogen) atoms. The quantitative estimate of drug-likeness (QED) is 0.663. The normalized spacial score (nSPS) is 15.8. The summed E-state index contributed by atoms with van der Waals surface area (Å²) in [4.78, 5) is 24.1. The lowest BCUT2D eigenvalue weighted by Crippen LogP contribution is -2.42. The number of nitrogens with two attached hydrogens (primary N) is 1. The van der Waals surface area contributed by atoms with Crippen LogP contribution in [-0.2, 0) is 20.6 Å². The van der Waals surface area contributed by atoms with E-state index in [0.717, 1.165) is 4.47 Å². The second kappa shape index (κ2) is 9.06. The molecule has 3 rings (SSSR count). The number of halogens is 1. The molecule has 0 aliphatic carbocycles. The van der Waals surface area contributed by atoms with E-state index in [1.54, 1.807) is 42.5 Å². The van der Waals surface area contributed by atoms with Gasteiger partial charge in [0.05, 0.1) is 17.0 Å². The van der Waals surface area contributed by atoms with Crippen molar-refractivity contribution in [2.45, 2.75) is 18.6 Å². The van der Waals surface area contributed by atoms with Crippen LogP contribution >= 0.6 is 15.9 Å². The topological polar surface area (TPSA) is 110 Å². The number of benzene rings is 2. The molecule has 2 aromatic carbocycles. The van der Waals surface area contributed by atoms with Gasteiger partial charge in [-0.1, -0.05) is 40.2 Å². The summed E-state index contributed by atoms with van der Waals surface area (Å²) in [6, 6.07) is 13.8. The van der Waals surface area contributed by atoms with E-state index < -0.39 is 15.9 Å². The van der Waals surface area contributed by atoms with E-state index in [1.807, 2.05) is 6.07 Å². The van der Waals surface area contributed by atoms with Crippen LogP contribution in [0.3, 0.4) is 0 Å². The van der Waals surface area contributed by atoms with Crippen LogP contribution in [0.25, 0.3) is 0 Å². The summed E-state index contributed by atoms with van der Waals surface area (Å²) in [5, 5.41) is 2.75. The molecule has 0 aromatic heterocycles. The number of hydrogen-bond acceptors (Lipinski definition) is 4. The number of nitrogens with one attached hydrogen (secondary N) is 1. The van der Waals surface area contributed by atoms with Gasteiger partial charge in [-0.3, -0.25) is 9.59 Å². The molecule has 1 aliphatic rings. The summed E-state index contributed by atoms with van der Waals surface area (Å²) in [7, 11) is -3.46. The molecule has 1 heterocycles. The number of anilines is 1. The Morgan fingerprint density at radius 3 is 2.45 bits per heavy atom. The average molecular weight is 480 g/mol. The monoisotopic (exact) mass is 479 g/mol. The zero-order valence-corrected chi connectivity index (χ0v) is 18.1. The number of primary amides is 1. The van der Waals surface area contributed by atoms with Gasteiger partial charge in [-0.15, -0.1) is 0 Å². The second-order valence-electron chi connectivity index (χ2n) is 6.96. The third-order valence-corrected chi connectivity index (χ3v) is 7.25. The van der Waals surface area contributed by atoms with Crippen molar-refractivity contribution in [3.8, 4) is 0 Å². The van der Waals surface area contributed by atoms with Crippen molar-refractivity contribution < 1.29 is 18.0 Å². The Morgan fingerprint density at radius 2 is 1.79 bits per heavy atom. The van der Waals surface area contributed by atoms with Gasteiger partial charge in [-0.25, -0.2) is 12.7 Å². The van der Waals surface area contributed by atoms with Crippen LogP contribution in [0.5, 0.6) is 0 Å². The van der Waals surface area contributed by atoms with Crippen molar-refractivity contribution in [1.82, 2.24) is 4.31 Å². The van der Waals surface area contributed by atoms with E-state index in [9.17, 15) is 18.0 Å². The Labute approximate surface area is 178 Å². The first kappa shape index (κ1) is 21.5. The van der Waals surface area contributed by atoms with Crippen molar-refractivity contribution in [2.24, 2.45) is 11.7 Å². The Kier molecular flexibility index (Phi) is 6.71. The lowest BCUT2D eigenvalue weighted by molar-refractivity contribution is -0.120. The predicted octanol–water partition coefficient (Wildman–Crippen LogP) is 2.73. The van der Waals surface area contributed by atoms with E-state index in [0.29, 0.717) is 24.1 Å². The average Bonchev–Trinajstić information content (AvgIpc) is 2.68. The highest BCUT2D eigenvalue weighted by atomic mass is 79.9. The maximum atomic E-state index is 12.7. The Bertz CT molecular complexity index is 1020. The van der Waals surface area contributed by atoms with E-state index in [2.05, 4.69) is 21.2 Å². The van der Waals surface area contributed by atoms with Gasteiger partial charge in [0.15, 0.2) is 0 Å². The summed E-state index contributed by atoms with van der Waals surface area (Å²) >= 11 is 3.35. The van der Waals surface area contributed by atoms with Crippen molar-refractivity contribution in [1.29, 1.82) is 0 Å². The molecule has 1 aliphatic heterocycles. The minimum atomic E-state index is -3.46. The zero-order valence-electron chi connectivity index (χ0n) is 15.7. The smallest absolute Gasteiger partial charge is 0.250 e. The number of piperidine rings is 1. The van der Waals surface area contributed by atoms with Gasteiger partial charge in [0.25, 0.3) is 5.91 Å². The minimum absolute atomic E-state index is 0.0741. The molecule has 0 saturated carbocycles. The van der Waals surface area contributed by atoms with E-state index in [-0.39, 0.29) is 36.2 Å². The molecule has 2 amide bonds. The van der Waals surface area contributed by atoms with Crippen LogP contribution < -0.4 is 11.1 Å². The van der Waals surface area contributed by atoms with Crippen molar-refractivity contribution in [3.05, 3.63) is 64.1 Å². The van der Waals surface area contributed by atoms with Crippen LogP contribution in [0.1, 0.15) is 28.8 Å². The number of para-hydroxylation sites is 1. The highest BCUT2D eigenvalue weighted by molar-refractivity contribution is 9.10. The molecule has 3 N–H and O–H groups in total. The van der Waals surface area contributed by atoms with Crippen LogP contribution in [0, 0.1) is 5.92 Å². The number of carbonyl (C=O) groups is 2. The van der Waals surface area contributed by atoms with Crippen molar-refractivity contribution >= 4 is 43.5 Å². The molecular weight excluding hydrogens is 458 g/mol. The van der Waals surface area contributed by atoms with Crippen molar-refractivity contribution in [2.75, 3.05) is 18.4 Å². The minimum Gasteiger partial charge on any atom is -0.366 e. The Balaban J connectivity index is 1.60. The highest BCUT2D eigenvalue weighted by Crippen LogP contribution is 2.24. The maximum absolute atomic E-state index is 12.7. The summed E-state index contributed by atoms with van der Waals surface area (Å²) in [6.45, 7) is 0.567. The molecule has 7 nitrogen and oxygen atoms in total. The molecule has 0 spiro atoms. The maximum Gasteiger partial charge on any atom is 0.250 e. The highest BCUT2D eigenvalue weighted by Gasteiger charge is 2.31. The summed E-state index contributed by atoms with van der Waals surface area (Å²) in [6.07, 6.45) is 0.838. The van der Waals surface area contributed by atoms with Crippen molar-refractivity contribution in [3.63, 3.8) is 0 Å². The molecular formula is C20H22BrN3O4S.